The number of halogens is 1. The first-order valence-electron chi connectivity index (χ1n) is 14.1. The molecule has 0 bridgehead atoms. The Morgan fingerprint density at radius 1 is 1.10 bits per heavy atom. The molecule has 40 heavy (non-hydrogen) atoms. The van der Waals surface area contributed by atoms with Gasteiger partial charge in [-0.3, -0.25) is 0 Å². The number of imidazole rings is 1. The Hall–Kier alpha value is -3.78. The summed E-state index contributed by atoms with van der Waals surface area (Å²) in [7, 11) is 0. The van der Waals surface area contributed by atoms with E-state index >= 15 is 0 Å². The molecular formula is C31H35ClN6O2. The average Bonchev–Trinajstić information content (AvgIpc) is 3.61. The molecule has 0 radical (unpaired) electrons. The van der Waals surface area contributed by atoms with Gasteiger partial charge in [0.2, 0.25) is 0 Å². The molecule has 8 nitrogen and oxygen atoms in total. The van der Waals surface area contributed by atoms with Crippen LogP contribution in [-0.2, 0) is 17.8 Å². The number of tetrazole rings is 1. The fraction of sp³-hybridized carbons (Fsp3) is 0.387. The first-order valence-corrected chi connectivity index (χ1v) is 14.5. The molecule has 0 unspecified atom stereocenters. The van der Waals surface area contributed by atoms with Crippen LogP contribution in [0.25, 0.3) is 28.6 Å². The maximum absolute atomic E-state index is 12.3. The minimum absolute atomic E-state index is 0.361. The van der Waals surface area contributed by atoms with Crippen LogP contribution in [0.2, 0.25) is 5.15 Å². The molecule has 0 spiro atoms. The van der Waals surface area contributed by atoms with Crippen molar-refractivity contribution in [1.29, 1.82) is 0 Å². The molecule has 2 N–H and O–H groups in total. The van der Waals surface area contributed by atoms with Crippen LogP contribution < -0.4 is 0 Å². The third-order valence-electron chi connectivity index (χ3n) is 7.75. The standard InChI is InChI=1S/C31H35ClN6O2/c1-2-3-13-28-33-29(32)27(19-24(31(39)40)18-21-9-5-4-6-10-21)38(28)20-22-14-16-23(17-15-22)25-11-7-8-12-26(25)30-34-36-37-35-30/h7-8,11-12,14-17,19,21H,2-6,9-10,13,18,20H2,1H3,(H,39,40)(H,34,35,36,37). The van der Waals surface area contributed by atoms with Gasteiger partial charge in [0.05, 0.1) is 5.69 Å². The van der Waals surface area contributed by atoms with E-state index in [1.54, 1.807) is 6.08 Å². The lowest BCUT2D eigenvalue weighted by Gasteiger charge is -2.21. The largest absolute Gasteiger partial charge is 0.478 e. The highest BCUT2D eigenvalue weighted by atomic mass is 35.5. The summed E-state index contributed by atoms with van der Waals surface area (Å²) in [6, 6.07) is 16.4. The summed E-state index contributed by atoms with van der Waals surface area (Å²) in [5.41, 5.74) is 5.16. The van der Waals surface area contributed by atoms with Crippen molar-refractivity contribution >= 4 is 23.6 Å². The monoisotopic (exact) mass is 558 g/mol. The van der Waals surface area contributed by atoms with Gasteiger partial charge in [-0.2, -0.15) is 0 Å². The topological polar surface area (TPSA) is 110 Å². The number of aromatic nitrogens is 6. The lowest BCUT2D eigenvalue weighted by Crippen LogP contribution is -2.12. The number of nitrogens with one attached hydrogen (secondary N) is 1. The molecule has 208 valence electrons. The number of aliphatic carboxylic acids is 1. The lowest BCUT2D eigenvalue weighted by molar-refractivity contribution is -0.132. The van der Waals surface area contributed by atoms with E-state index in [1.807, 2.05) is 24.3 Å². The van der Waals surface area contributed by atoms with Crippen LogP contribution in [0.3, 0.4) is 0 Å². The zero-order valence-electron chi connectivity index (χ0n) is 22.8. The zero-order valence-corrected chi connectivity index (χ0v) is 23.6. The number of rotatable bonds is 11. The minimum atomic E-state index is -0.880. The fourth-order valence-corrected chi connectivity index (χ4v) is 5.84. The van der Waals surface area contributed by atoms with Crippen LogP contribution in [0.1, 0.15) is 75.4 Å². The number of nitrogens with zero attached hydrogens (tertiary/aromatic N) is 5. The number of benzene rings is 2. The number of unbranched alkanes of at least 4 members (excludes halogenated alkanes) is 1. The molecule has 0 saturated heterocycles. The van der Waals surface area contributed by atoms with Crippen LogP contribution in [0.4, 0.5) is 0 Å². The minimum Gasteiger partial charge on any atom is -0.478 e. The average molecular weight is 559 g/mol. The van der Waals surface area contributed by atoms with E-state index < -0.39 is 5.97 Å². The Morgan fingerprint density at radius 2 is 1.85 bits per heavy atom. The predicted octanol–water partition coefficient (Wildman–Crippen LogP) is 7.21. The summed E-state index contributed by atoms with van der Waals surface area (Å²) in [6.45, 7) is 2.70. The summed E-state index contributed by atoms with van der Waals surface area (Å²) < 4.78 is 2.09. The second kappa shape index (κ2) is 13.0. The van der Waals surface area contributed by atoms with Crippen LogP contribution in [0.15, 0.2) is 54.1 Å². The number of carboxylic acids is 1. The Kier molecular flexibility index (Phi) is 9.06. The number of H-pyrrole nitrogens is 1. The van der Waals surface area contributed by atoms with Gasteiger partial charge < -0.3 is 9.67 Å². The third-order valence-corrected chi connectivity index (χ3v) is 8.03. The van der Waals surface area contributed by atoms with Gasteiger partial charge in [-0.05, 0) is 52.0 Å². The molecule has 2 aromatic carbocycles. The van der Waals surface area contributed by atoms with Crippen molar-refractivity contribution in [3.8, 4) is 22.5 Å². The molecule has 1 fully saturated rings. The van der Waals surface area contributed by atoms with Crippen molar-refractivity contribution in [1.82, 2.24) is 30.2 Å². The van der Waals surface area contributed by atoms with Gasteiger partial charge in [-0.25, -0.2) is 14.9 Å². The molecule has 2 aromatic heterocycles. The first kappa shape index (κ1) is 27.8. The van der Waals surface area contributed by atoms with Gasteiger partial charge in [0, 0.05) is 24.1 Å². The molecule has 1 aliphatic rings. The van der Waals surface area contributed by atoms with Gasteiger partial charge in [0.1, 0.15) is 5.82 Å². The molecular weight excluding hydrogens is 524 g/mol. The van der Waals surface area contributed by atoms with Crippen molar-refractivity contribution in [3.63, 3.8) is 0 Å². The Labute approximate surface area is 239 Å². The zero-order chi connectivity index (χ0) is 27.9. The number of carboxylic acid groups (broad SMARTS) is 1. The summed E-state index contributed by atoms with van der Waals surface area (Å²) in [4.78, 5) is 16.9. The molecule has 0 amide bonds. The highest BCUT2D eigenvalue weighted by Crippen LogP contribution is 2.32. The summed E-state index contributed by atoms with van der Waals surface area (Å²) in [5, 5.41) is 24.8. The molecule has 1 saturated carbocycles. The second-order valence-corrected chi connectivity index (χ2v) is 10.9. The highest BCUT2D eigenvalue weighted by Gasteiger charge is 2.21. The smallest absolute Gasteiger partial charge is 0.331 e. The summed E-state index contributed by atoms with van der Waals surface area (Å²) >= 11 is 6.67. The SMILES string of the molecule is CCCCc1nc(Cl)c(C=C(CC2CCCCC2)C(=O)O)n1Cc1ccc(-c2ccccc2-c2nnn[nH]2)cc1. The Balaban J connectivity index is 1.45. The maximum atomic E-state index is 12.3. The lowest BCUT2D eigenvalue weighted by atomic mass is 9.84. The maximum Gasteiger partial charge on any atom is 0.331 e. The molecule has 0 atom stereocenters. The molecule has 2 heterocycles. The Morgan fingerprint density at radius 3 is 2.52 bits per heavy atom. The fourth-order valence-electron chi connectivity index (χ4n) is 5.58. The number of hydrogen-bond donors (Lipinski definition) is 2. The predicted molar refractivity (Wildman–Crippen MR) is 157 cm³/mol. The third kappa shape index (κ3) is 6.50. The Bertz CT molecular complexity index is 1450. The van der Waals surface area contributed by atoms with Gasteiger partial charge in [-0.15, -0.1) is 5.10 Å². The quantitative estimate of drug-likeness (QED) is 0.188. The van der Waals surface area contributed by atoms with Crippen molar-refractivity contribution in [3.05, 3.63) is 76.3 Å². The van der Waals surface area contributed by atoms with Crippen LogP contribution in [0, 0.1) is 5.92 Å². The van der Waals surface area contributed by atoms with E-state index in [0.29, 0.717) is 41.1 Å². The number of aryl methyl sites for hydroxylation is 1. The first-order chi connectivity index (χ1) is 19.5. The van der Waals surface area contributed by atoms with Crippen LogP contribution >= 0.6 is 11.6 Å². The van der Waals surface area contributed by atoms with Crippen LogP contribution in [-0.4, -0.2) is 41.3 Å². The molecule has 9 heteroatoms. The van der Waals surface area contributed by atoms with Crippen molar-refractivity contribution in [2.24, 2.45) is 5.92 Å². The van der Waals surface area contributed by atoms with Crippen molar-refractivity contribution in [2.75, 3.05) is 0 Å². The second-order valence-electron chi connectivity index (χ2n) is 10.6. The number of aromatic amines is 1. The number of carbonyl (C=O) groups is 1. The van der Waals surface area contributed by atoms with Gasteiger partial charge in [0.15, 0.2) is 11.0 Å². The summed E-state index contributed by atoms with van der Waals surface area (Å²) in [6.07, 6.45) is 10.9. The van der Waals surface area contributed by atoms with E-state index in [9.17, 15) is 9.90 Å². The summed E-state index contributed by atoms with van der Waals surface area (Å²) in [5.74, 6) is 1.03. The number of hydrogen-bond acceptors (Lipinski definition) is 5. The van der Waals surface area contributed by atoms with Crippen molar-refractivity contribution in [2.45, 2.75) is 71.3 Å². The van der Waals surface area contributed by atoms with Crippen LogP contribution in [0.5, 0.6) is 0 Å². The van der Waals surface area contributed by atoms with Crippen molar-refractivity contribution < 1.29 is 9.90 Å². The van der Waals surface area contributed by atoms with E-state index in [-0.39, 0.29) is 0 Å². The molecule has 4 aromatic rings. The van der Waals surface area contributed by atoms with E-state index in [2.05, 4.69) is 61.4 Å². The van der Waals surface area contributed by atoms with Gasteiger partial charge in [0.25, 0.3) is 0 Å². The normalized spacial score (nSPS) is 14.5. The molecule has 5 rings (SSSR count). The van der Waals surface area contributed by atoms with E-state index in [0.717, 1.165) is 60.2 Å². The highest BCUT2D eigenvalue weighted by molar-refractivity contribution is 6.30. The molecule has 1 aliphatic carbocycles. The van der Waals surface area contributed by atoms with E-state index in [4.69, 9.17) is 11.6 Å². The van der Waals surface area contributed by atoms with Gasteiger partial charge in [-0.1, -0.05) is 106 Å². The van der Waals surface area contributed by atoms with Gasteiger partial charge >= 0.3 is 5.97 Å². The molecule has 0 aliphatic heterocycles. The van der Waals surface area contributed by atoms with E-state index in [1.165, 1.54) is 19.3 Å².